The van der Waals surface area contributed by atoms with Crippen LogP contribution in [0.4, 0.5) is 5.69 Å². The molecule has 2 aromatic carbocycles. The van der Waals surface area contributed by atoms with Crippen LogP contribution in [-0.2, 0) is 17.9 Å². The summed E-state index contributed by atoms with van der Waals surface area (Å²) in [5, 5.41) is 12.2. The van der Waals surface area contributed by atoms with Gasteiger partial charge in [-0.3, -0.25) is 4.79 Å². The zero-order valence-corrected chi connectivity index (χ0v) is 20.1. The highest BCUT2D eigenvalue weighted by atomic mass is 32.2. The van der Waals surface area contributed by atoms with Crippen LogP contribution in [-0.4, -0.2) is 33.0 Å². The Balaban J connectivity index is 1.61. The topological polar surface area (TPSA) is 78.3 Å². The number of amides is 1. The van der Waals surface area contributed by atoms with Crippen molar-refractivity contribution in [2.45, 2.75) is 52.9 Å². The number of ether oxygens (including phenoxy) is 2. The first-order chi connectivity index (χ1) is 15.4. The fourth-order valence-electron chi connectivity index (χ4n) is 3.37. The summed E-state index contributed by atoms with van der Waals surface area (Å²) in [6, 6.07) is 11.8. The van der Waals surface area contributed by atoms with Crippen LogP contribution in [0.3, 0.4) is 0 Å². The molecule has 3 rings (SSSR count). The number of hydrogen-bond donors (Lipinski definition) is 1. The van der Waals surface area contributed by atoms with E-state index in [1.165, 1.54) is 11.8 Å². The number of carbonyl (C=O) groups is 1. The second-order valence-corrected chi connectivity index (χ2v) is 8.47. The maximum atomic E-state index is 12.4. The predicted octanol–water partition coefficient (Wildman–Crippen LogP) is 4.93. The predicted molar refractivity (Wildman–Crippen MR) is 128 cm³/mol. The number of nitrogens with one attached hydrogen (secondary N) is 1. The smallest absolute Gasteiger partial charge is 0.234 e. The van der Waals surface area contributed by atoms with Crippen molar-refractivity contribution in [1.82, 2.24) is 14.8 Å². The third-order valence-electron chi connectivity index (χ3n) is 4.70. The molecule has 32 heavy (non-hydrogen) atoms. The molecule has 0 aliphatic carbocycles. The minimum absolute atomic E-state index is 0.0792. The highest BCUT2D eigenvalue weighted by Crippen LogP contribution is 2.29. The summed E-state index contributed by atoms with van der Waals surface area (Å²) in [5.41, 5.74) is 4.14. The quantitative estimate of drug-likeness (QED) is 0.438. The maximum Gasteiger partial charge on any atom is 0.234 e. The van der Waals surface area contributed by atoms with Gasteiger partial charge in [0.05, 0.1) is 12.4 Å². The Bertz CT molecular complexity index is 1060. The molecule has 0 spiro atoms. The van der Waals surface area contributed by atoms with Gasteiger partial charge in [0.15, 0.2) is 22.5 Å². The van der Waals surface area contributed by atoms with Crippen LogP contribution in [0.15, 0.2) is 41.6 Å². The van der Waals surface area contributed by atoms with Crippen molar-refractivity contribution >= 4 is 23.4 Å². The number of anilines is 1. The van der Waals surface area contributed by atoms with Crippen LogP contribution in [0.2, 0.25) is 0 Å². The van der Waals surface area contributed by atoms with Crippen LogP contribution in [0.5, 0.6) is 11.5 Å². The van der Waals surface area contributed by atoms with Crippen molar-refractivity contribution in [3.63, 3.8) is 0 Å². The van der Waals surface area contributed by atoms with E-state index in [0.717, 1.165) is 22.4 Å². The lowest BCUT2D eigenvalue weighted by molar-refractivity contribution is -0.113. The van der Waals surface area contributed by atoms with Gasteiger partial charge in [0.1, 0.15) is 6.61 Å². The second kappa shape index (κ2) is 11.0. The molecule has 0 aliphatic heterocycles. The highest BCUT2D eigenvalue weighted by molar-refractivity contribution is 7.99. The maximum absolute atomic E-state index is 12.4. The number of aryl methyl sites for hydroxylation is 3. The fraction of sp³-hybridized carbons (Fsp3) is 0.375. The lowest BCUT2D eigenvalue weighted by atomic mass is 10.1. The molecule has 0 saturated carbocycles. The van der Waals surface area contributed by atoms with Crippen LogP contribution >= 0.6 is 11.8 Å². The van der Waals surface area contributed by atoms with Crippen molar-refractivity contribution < 1.29 is 14.3 Å². The van der Waals surface area contributed by atoms with E-state index in [1.807, 2.05) is 69.5 Å². The van der Waals surface area contributed by atoms with Gasteiger partial charge in [0, 0.05) is 12.2 Å². The minimum Gasteiger partial charge on any atom is -0.490 e. The van der Waals surface area contributed by atoms with Gasteiger partial charge < -0.3 is 19.4 Å². The van der Waals surface area contributed by atoms with Crippen molar-refractivity contribution in [3.8, 4) is 11.5 Å². The molecule has 0 aliphatic rings. The summed E-state index contributed by atoms with van der Waals surface area (Å²) in [6.07, 6.45) is 0. The monoisotopic (exact) mass is 454 g/mol. The average molecular weight is 455 g/mol. The number of carbonyl (C=O) groups excluding carboxylic acids is 1. The van der Waals surface area contributed by atoms with Gasteiger partial charge >= 0.3 is 0 Å². The molecule has 1 amide bonds. The van der Waals surface area contributed by atoms with E-state index in [1.54, 1.807) is 0 Å². The molecule has 0 saturated heterocycles. The van der Waals surface area contributed by atoms with Gasteiger partial charge in [0.2, 0.25) is 5.91 Å². The molecule has 0 radical (unpaired) electrons. The van der Waals surface area contributed by atoms with Gasteiger partial charge in [0.25, 0.3) is 0 Å². The van der Waals surface area contributed by atoms with Gasteiger partial charge in [-0.1, -0.05) is 23.9 Å². The Hall–Kier alpha value is -3.00. The molecule has 0 atom stereocenters. The van der Waals surface area contributed by atoms with Crippen LogP contribution in [0.25, 0.3) is 0 Å². The van der Waals surface area contributed by atoms with Crippen molar-refractivity contribution in [2.75, 3.05) is 17.7 Å². The van der Waals surface area contributed by atoms with Gasteiger partial charge in [-0.2, -0.15) is 0 Å². The molecular formula is C24H30N4O3S. The molecule has 3 aromatic rings. The van der Waals surface area contributed by atoms with Gasteiger partial charge in [-0.25, -0.2) is 0 Å². The third-order valence-corrected chi connectivity index (χ3v) is 5.67. The van der Waals surface area contributed by atoms with E-state index < -0.39 is 0 Å². The first-order valence-electron chi connectivity index (χ1n) is 10.7. The van der Waals surface area contributed by atoms with E-state index >= 15 is 0 Å². The molecular weight excluding hydrogens is 424 g/mol. The minimum atomic E-state index is -0.0792. The van der Waals surface area contributed by atoms with Crippen LogP contribution < -0.4 is 14.8 Å². The number of hydrogen-bond acceptors (Lipinski definition) is 6. The van der Waals surface area contributed by atoms with E-state index in [9.17, 15) is 4.79 Å². The first kappa shape index (κ1) is 23.7. The van der Waals surface area contributed by atoms with E-state index in [4.69, 9.17) is 9.47 Å². The van der Waals surface area contributed by atoms with Crippen molar-refractivity contribution in [1.29, 1.82) is 0 Å². The largest absolute Gasteiger partial charge is 0.490 e. The standard InChI is InChI=1S/C24H30N4O3S/c1-6-28-22(14-31-20-9-8-16(3)13-21(20)30-7-2)26-27-24(28)32-15-23(29)25-19-11-17(4)10-18(5)12-19/h8-13H,6-7,14-15H2,1-5H3,(H,25,29). The number of nitrogens with zero attached hydrogens (tertiary/aromatic N) is 3. The molecule has 0 fully saturated rings. The number of benzene rings is 2. The molecule has 170 valence electrons. The zero-order chi connectivity index (χ0) is 23.1. The Morgan fingerprint density at radius 2 is 1.72 bits per heavy atom. The van der Waals surface area contributed by atoms with Crippen molar-refractivity contribution in [3.05, 3.63) is 58.9 Å². The van der Waals surface area contributed by atoms with E-state index in [0.29, 0.717) is 35.6 Å². The summed E-state index contributed by atoms with van der Waals surface area (Å²) < 4.78 is 13.6. The summed E-state index contributed by atoms with van der Waals surface area (Å²) in [4.78, 5) is 12.4. The molecule has 1 aromatic heterocycles. The Morgan fingerprint density at radius 3 is 2.41 bits per heavy atom. The summed E-state index contributed by atoms with van der Waals surface area (Å²) in [5.74, 6) is 2.26. The Kier molecular flexibility index (Phi) is 8.16. The fourth-order valence-corrected chi connectivity index (χ4v) is 4.19. The lowest BCUT2D eigenvalue weighted by Gasteiger charge is -2.13. The SMILES string of the molecule is CCOc1cc(C)ccc1OCc1nnc(SCC(=O)Nc2cc(C)cc(C)c2)n1CC. The summed E-state index contributed by atoms with van der Waals surface area (Å²) in [6.45, 7) is 11.5. The highest BCUT2D eigenvalue weighted by Gasteiger charge is 2.15. The average Bonchev–Trinajstić information content (AvgIpc) is 3.13. The van der Waals surface area contributed by atoms with Crippen molar-refractivity contribution in [2.24, 2.45) is 0 Å². The number of thioether (sulfide) groups is 1. The zero-order valence-electron chi connectivity index (χ0n) is 19.3. The van der Waals surface area contributed by atoms with Crippen LogP contribution in [0, 0.1) is 20.8 Å². The van der Waals surface area contributed by atoms with Gasteiger partial charge in [-0.15, -0.1) is 10.2 Å². The Morgan fingerprint density at radius 1 is 0.969 bits per heavy atom. The number of aromatic nitrogens is 3. The van der Waals surface area contributed by atoms with Gasteiger partial charge in [-0.05, 0) is 75.6 Å². The molecule has 0 unspecified atom stereocenters. The molecule has 1 N–H and O–H groups in total. The molecule has 7 nitrogen and oxygen atoms in total. The molecule has 8 heteroatoms. The Labute approximate surface area is 193 Å². The summed E-state index contributed by atoms with van der Waals surface area (Å²) >= 11 is 1.36. The second-order valence-electron chi connectivity index (χ2n) is 7.53. The lowest BCUT2D eigenvalue weighted by Crippen LogP contribution is -2.15. The molecule has 0 bridgehead atoms. The number of rotatable bonds is 10. The molecule has 1 heterocycles. The van der Waals surface area contributed by atoms with Crippen LogP contribution in [0.1, 0.15) is 36.4 Å². The van der Waals surface area contributed by atoms with E-state index in [-0.39, 0.29) is 18.3 Å². The van der Waals surface area contributed by atoms with E-state index in [2.05, 4.69) is 21.6 Å². The normalized spacial score (nSPS) is 10.8. The summed E-state index contributed by atoms with van der Waals surface area (Å²) in [7, 11) is 0. The third kappa shape index (κ3) is 6.26. The first-order valence-corrected chi connectivity index (χ1v) is 11.7.